The standard InChI is InChI=1S/C13H19Br2OSi/c1-13(2,17(3)4)9-16-11-5-6-12(15)10(7-11)8-14/h5-7H,8-9H2,1-4H3. The molecule has 17 heavy (non-hydrogen) atoms. The number of hydrogen-bond acceptors (Lipinski definition) is 1. The van der Waals surface area contributed by atoms with Crippen LogP contribution in [0, 0.1) is 0 Å². The maximum absolute atomic E-state index is 5.91. The van der Waals surface area contributed by atoms with Gasteiger partial charge in [-0.25, -0.2) is 0 Å². The van der Waals surface area contributed by atoms with E-state index in [0.717, 1.165) is 22.2 Å². The van der Waals surface area contributed by atoms with Crippen LogP contribution < -0.4 is 4.74 Å². The van der Waals surface area contributed by atoms with Gasteiger partial charge in [-0.15, -0.1) is 0 Å². The number of rotatable bonds is 5. The Morgan fingerprint density at radius 3 is 2.47 bits per heavy atom. The summed E-state index contributed by atoms with van der Waals surface area (Å²) < 4.78 is 7.04. The van der Waals surface area contributed by atoms with Gasteiger partial charge in [-0.1, -0.05) is 58.8 Å². The van der Waals surface area contributed by atoms with E-state index in [1.54, 1.807) is 0 Å². The summed E-state index contributed by atoms with van der Waals surface area (Å²) in [7, 11) is -0.347. The van der Waals surface area contributed by atoms with Crippen molar-refractivity contribution in [3.8, 4) is 5.75 Å². The van der Waals surface area contributed by atoms with E-state index in [2.05, 4.69) is 64.9 Å². The monoisotopic (exact) mass is 377 g/mol. The smallest absolute Gasteiger partial charge is 0.119 e. The van der Waals surface area contributed by atoms with Crippen molar-refractivity contribution in [1.82, 2.24) is 0 Å². The molecule has 0 aliphatic rings. The third-order valence-corrected chi connectivity index (χ3v) is 7.34. The normalized spacial score (nSPS) is 11.9. The lowest BCUT2D eigenvalue weighted by Gasteiger charge is -2.28. The molecule has 0 bridgehead atoms. The number of benzene rings is 1. The molecule has 95 valence electrons. The number of alkyl halides is 1. The predicted molar refractivity (Wildman–Crippen MR) is 83.8 cm³/mol. The summed E-state index contributed by atoms with van der Waals surface area (Å²) >= 11 is 7.00. The van der Waals surface area contributed by atoms with E-state index in [4.69, 9.17) is 4.74 Å². The first-order chi connectivity index (χ1) is 7.86. The van der Waals surface area contributed by atoms with Gasteiger partial charge < -0.3 is 4.74 Å². The Hall–Kier alpha value is 0.197. The Kier molecular flexibility index (Phi) is 5.73. The van der Waals surface area contributed by atoms with Crippen molar-refractivity contribution in [2.45, 2.75) is 37.3 Å². The average Bonchev–Trinajstić information content (AvgIpc) is 2.28. The molecule has 1 radical (unpaired) electrons. The molecule has 1 nitrogen and oxygen atoms in total. The molecular weight excluding hydrogens is 360 g/mol. The molecule has 0 saturated heterocycles. The molecule has 0 unspecified atom stereocenters. The lowest BCUT2D eigenvalue weighted by atomic mass is 10.2. The van der Waals surface area contributed by atoms with Gasteiger partial charge >= 0.3 is 0 Å². The fraction of sp³-hybridized carbons (Fsp3) is 0.538. The van der Waals surface area contributed by atoms with Crippen molar-refractivity contribution in [2.24, 2.45) is 0 Å². The maximum Gasteiger partial charge on any atom is 0.119 e. The van der Waals surface area contributed by atoms with E-state index in [9.17, 15) is 0 Å². The quantitative estimate of drug-likeness (QED) is 0.501. The molecule has 0 amide bonds. The van der Waals surface area contributed by atoms with E-state index < -0.39 is 0 Å². The van der Waals surface area contributed by atoms with Gasteiger partial charge in [-0.3, -0.25) is 0 Å². The van der Waals surface area contributed by atoms with Crippen molar-refractivity contribution in [1.29, 1.82) is 0 Å². The van der Waals surface area contributed by atoms with Crippen molar-refractivity contribution in [3.63, 3.8) is 0 Å². The van der Waals surface area contributed by atoms with Crippen LogP contribution in [0.25, 0.3) is 0 Å². The summed E-state index contributed by atoms with van der Waals surface area (Å²) in [4.78, 5) is 0. The van der Waals surface area contributed by atoms with Crippen LogP contribution in [0.4, 0.5) is 0 Å². The largest absolute Gasteiger partial charge is 0.493 e. The van der Waals surface area contributed by atoms with Gasteiger partial charge in [-0.05, 0) is 28.8 Å². The Labute approximate surface area is 123 Å². The number of halogens is 2. The molecular formula is C13H19Br2OSi. The lowest BCUT2D eigenvalue weighted by Crippen LogP contribution is -2.27. The highest BCUT2D eigenvalue weighted by molar-refractivity contribution is 9.10. The summed E-state index contributed by atoms with van der Waals surface area (Å²) in [5, 5.41) is 1.14. The van der Waals surface area contributed by atoms with Crippen LogP contribution in [0.3, 0.4) is 0 Å². The minimum Gasteiger partial charge on any atom is -0.493 e. The Morgan fingerprint density at radius 2 is 1.94 bits per heavy atom. The van der Waals surface area contributed by atoms with Crippen LogP contribution >= 0.6 is 31.9 Å². The molecule has 0 fully saturated rings. The molecule has 0 aliphatic carbocycles. The molecule has 1 rings (SSSR count). The second-order valence-corrected chi connectivity index (χ2v) is 9.83. The van der Waals surface area contributed by atoms with Gasteiger partial charge in [0.25, 0.3) is 0 Å². The van der Waals surface area contributed by atoms with Crippen molar-refractivity contribution in [3.05, 3.63) is 28.2 Å². The molecule has 0 heterocycles. The van der Waals surface area contributed by atoms with Crippen molar-refractivity contribution in [2.75, 3.05) is 6.61 Å². The fourth-order valence-electron chi connectivity index (χ4n) is 1.15. The minimum atomic E-state index is -0.347. The number of hydrogen-bond donors (Lipinski definition) is 0. The second kappa shape index (κ2) is 6.39. The van der Waals surface area contributed by atoms with Gasteiger partial charge in [0, 0.05) is 9.80 Å². The first-order valence-corrected chi connectivity index (χ1v) is 10.1. The van der Waals surface area contributed by atoms with Crippen LogP contribution in [0.2, 0.25) is 18.1 Å². The zero-order valence-corrected chi connectivity index (χ0v) is 15.0. The van der Waals surface area contributed by atoms with Gasteiger partial charge in [0.2, 0.25) is 0 Å². The molecule has 1 aromatic carbocycles. The molecule has 0 spiro atoms. The van der Waals surface area contributed by atoms with Crippen LogP contribution in [-0.2, 0) is 5.33 Å². The van der Waals surface area contributed by atoms with Crippen molar-refractivity contribution < 1.29 is 4.74 Å². The van der Waals surface area contributed by atoms with Gasteiger partial charge in [0.1, 0.15) is 5.75 Å². The van der Waals surface area contributed by atoms with E-state index in [0.29, 0.717) is 5.04 Å². The van der Waals surface area contributed by atoms with Crippen LogP contribution in [0.15, 0.2) is 22.7 Å². The van der Waals surface area contributed by atoms with Gasteiger partial charge in [0.05, 0.1) is 15.4 Å². The van der Waals surface area contributed by atoms with Crippen LogP contribution in [-0.4, -0.2) is 15.4 Å². The molecule has 0 aliphatic heterocycles. The summed E-state index contributed by atoms with van der Waals surface area (Å²) in [6.07, 6.45) is 0. The SMILES string of the molecule is C[Si](C)C(C)(C)COc1ccc(Br)c(CBr)c1. The maximum atomic E-state index is 5.91. The van der Waals surface area contributed by atoms with Gasteiger partial charge in [-0.2, -0.15) is 0 Å². The van der Waals surface area contributed by atoms with E-state index >= 15 is 0 Å². The zero-order valence-electron chi connectivity index (χ0n) is 10.8. The van der Waals surface area contributed by atoms with E-state index in [1.807, 2.05) is 12.1 Å². The summed E-state index contributed by atoms with van der Waals surface area (Å²) in [6, 6.07) is 6.15. The summed E-state index contributed by atoms with van der Waals surface area (Å²) in [6.45, 7) is 10.0. The second-order valence-electron chi connectivity index (χ2n) is 5.06. The summed E-state index contributed by atoms with van der Waals surface area (Å²) in [5.74, 6) is 0.957. The topological polar surface area (TPSA) is 9.23 Å². The Balaban J connectivity index is 2.70. The van der Waals surface area contributed by atoms with Crippen molar-refractivity contribution >= 4 is 40.7 Å². The highest BCUT2D eigenvalue weighted by Crippen LogP contribution is 2.30. The highest BCUT2D eigenvalue weighted by atomic mass is 79.9. The lowest BCUT2D eigenvalue weighted by molar-refractivity contribution is 0.276. The first kappa shape index (κ1) is 15.3. The van der Waals surface area contributed by atoms with Crippen LogP contribution in [0.5, 0.6) is 5.75 Å². The molecule has 1 aromatic rings. The average molecular weight is 379 g/mol. The van der Waals surface area contributed by atoms with Crippen LogP contribution in [0.1, 0.15) is 19.4 Å². The Bertz CT molecular complexity index is 378. The highest BCUT2D eigenvalue weighted by Gasteiger charge is 2.24. The third-order valence-electron chi connectivity index (χ3n) is 3.11. The predicted octanol–water partition coefficient (Wildman–Crippen LogP) is 5.26. The fourth-order valence-corrected chi connectivity index (χ4v) is 2.74. The molecule has 0 saturated carbocycles. The third kappa shape index (κ3) is 4.41. The van der Waals surface area contributed by atoms with E-state index in [1.165, 1.54) is 5.56 Å². The molecule has 0 N–H and O–H groups in total. The van der Waals surface area contributed by atoms with E-state index in [-0.39, 0.29) is 8.80 Å². The zero-order chi connectivity index (χ0) is 13.1. The minimum absolute atomic E-state index is 0.298. The molecule has 0 aromatic heterocycles. The van der Waals surface area contributed by atoms with Gasteiger partial charge in [0.15, 0.2) is 0 Å². The Morgan fingerprint density at radius 1 is 1.29 bits per heavy atom. The molecule has 4 heteroatoms. The molecule has 0 atom stereocenters. The number of ether oxygens (including phenoxy) is 1. The first-order valence-electron chi connectivity index (χ1n) is 5.64. The summed E-state index contributed by atoms with van der Waals surface area (Å²) in [5.41, 5.74) is 1.22.